The van der Waals surface area contributed by atoms with E-state index in [1.807, 2.05) is 43.3 Å². The summed E-state index contributed by atoms with van der Waals surface area (Å²) >= 11 is 5.84. The largest absolute Gasteiger partial charge is 0.476 e. The first-order valence-corrected chi connectivity index (χ1v) is 6.23. The lowest BCUT2D eigenvalue weighted by Gasteiger charge is -2.10. The van der Waals surface area contributed by atoms with Crippen molar-refractivity contribution in [2.75, 3.05) is 11.9 Å². The average Bonchev–Trinajstić information content (AvgIpc) is 2.40. The molecule has 0 fully saturated rings. The molecule has 1 heterocycles. The van der Waals surface area contributed by atoms with Crippen LogP contribution in [0.4, 0.5) is 5.69 Å². The quantitative estimate of drug-likeness (QED) is 0.891. The Morgan fingerprint density at radius 2 is 2.00 bits per heavy atom. The zero-order valence-electron chi connectivity index (χ0n) is 10.2. The highest BCUT2D eigenvalue weighted by atomic mass is 35.5. The molecule has 0 radical (unpaired) electrons. The molecule has 2 rings (SSSR count). The van der Waals surface area contributed by atoms with Crippen molar-refractivity contribution in [3.63, 3.8) is 0 Å². The van der Waals surface area contributed by atoms with Gasteiger partial charge in [0.25, 0.3) is 0 Å². The predicted octanol–water partition coefficient (Wildman–Crippen LogP) is 3.75. The van der Waals surface area contributed by atoms with Crippen molar-refractivity contribution in [2.45, 2.75) is 13.5 Å². The molecule has 0 aliphatic carbocycles. The second-order valence-electron chi connectivity index (χ2n) is 3.77. The number of aromatic nitrogens is 1. The third-order valence-corrected chi connectivity index (χ3v) is 2.70. The molecule has 18 heavy (non-hydrogen) atoms. The van der Waals surface area contributed by atoms with Gasteiger partial charge in [0, 0.05) is 17.8 Å². The predicted molar refractivity (Wildman–Crippen MR) is 74.2 cm³/mol. The maximum atomic E-state index is 5.84. The SMILES string of the molecule is CCOc1ncccc1NCc1ccc(Cl)cc1. The van der Waals surface area contributed by atoms with Gasteiger partial charge in [-0.25, -0.2) is 4.98 Å². The number of halogens is 1. The normalized spacial score (nSPS) is 10.1. The fourth-order valence-electron chi connectivity index (χ4n) is 1.58. The number of pyridine rings is 1. The number of nitrogens with zero attached hydrogens (tertiary/aromatic N) is 1. The molecule has 0 aliphatic rings. The molecule has 1 N–H and O–H groups in total. The van der Waals surface area contributed by atoms with Crippen molar-refractivity contribution < 1.29 is 4.74 Å². The minimum absolute atomic E-state index is 0.604. The van der Waals surface area contributed by atoms with Gasteiger partial charge in [0.1, 0.15) is 0 Å². The standard InChI is InChI=1S/C14H15ClN2O/c1-2-18-14-13(4-3-9-16-14)17-10-11-5-7-12(15)8-6-11/h3-9,17H,2,10H2,1H3. The number of benzene rings is 1. The highest BCUT2D eigenvalue weighted by Gasteiger charge is 2.03. The van der Waals surface area contributed by atoms with Crippen LogP contribution in [-0.4, -0.2) is 11.6 Å². The number of hydrogen-bond acceptors (Lipinski definition) is 3. The van der Waals surface area contributed by atoms with Crippen LogP contribution < -0.4 is 10.1 Å². The summed E-state index contributed by atoms with van der Waals surface area (Å²) < 4.78 is 5.45. The molecule has 2 aromatic rings. The second kappa shape index (κ2) is 6.26. The van der Waals surface area contributed by atoms with Crippen LogP contribution in [0.25, 0.3) is 0 Å². The van der Waals surface area contributed by atoms with Crippen molar-refractivity contribution in [2.24, 2.45) is 0 Å². The molecule has 94 valence electrons. The average molecular weight is 263 g/mol. The summed E-state index contributed by atoms with van der Waals surface area (Å²) in [7, 11) is 0. The summed E-state index contributed by atoms with van der Waals surface area (Å²) in [4.78, 5) is 4.19. The first-order chi connectivity index (χ1) is 8.79. The summed E-state index contributed by atoms with van der Waals surface area (Å²) in [6.45, 7) is 3.26. The lowest BCUT2D eigenvalue weighted by molar-refractivity contribution is 0.328. The number of rotatable bonds is 5. The molecule has 1 aromatic heterocycles. The fraction of sp³-hybridized carbons (Fsp3) is 0.214. The molecule has 0 saturated heterocycles. The van der Waals surface area contributed by atoms with Gasteiger partial charge in [-0.15, -0.1) is 0 Å². The Labute approximate surface area is 112 Å². The van der Waals surface area contributed by atoms with Crippen molar-refractivity contribution >= 4 is 17.3 Å². The molecular formula is C14H15ClN2O. The van der Waals surface area contributed by atoms with Crippen molar-refractivity contribution in [1.29, 1.82) is 0 Å². The van der Waals surface area contributed by atoms with E-state index in [0.29, 0.717) is 19.0 Å². The van der Waals surface area contributed by atoms with Crippen LogP contribution in [0.5, 0.6) is 5.88 Å². The molecule has 0 aliphatic heterocycles. The number of anilines is 1. The lowest BCUT2D eigenvalue weighted by Crippen LogP contribution is -2.03. The second-order valence-corrected chi connectivity index (χ2v) is 4.21. The number of hydrogen-bond donors (Lipinski definition) is 1. The van der Waals surface area contributed by atoms with Gasteiger partial charge in [-0.2, -0.15) is 0 Å². The molecular weight excluding hydrogens is 248 g/mol. The van der Waals surface area contributed by atoms with Gasteiger partial charge in [-0.3, -0.25) is 0 Å². The Balaban J connectivity index is 2.03. The number of nitrogens with one attached hydrogen (secondary N) is 1. The Kier molecular flexibility index (Phi) is 4.42. The van der Waals surface area contributed by atoms with Crippen LogP contribution in [0.3, 0.4) is 0 Å². The smallest absolute Gasteiger partial charge is 0.237 e. The Bertz CT molecular complexity index is 499. The van der Waals surface area contributed by atoms with Gasteiger partial charge >= 0.3 is 0 Å². The van der Waals surface area contributed by atoms with Crippen LogP contribution in [0, 0.1) is 0 Å². The summed E-state index contributed by atoms with van der Waals surface area (Å²) in [6.07, 6.45) is 1.72. The molecule has 1 aromatic carbocycles. The molecule has 0 amide bonds. The highest BCUT2D eigenvalue weighted by Crippen LogP contribution is 2.21. The van der Waals surface area contributed by atoms with Crippen LogP contribution in [0.2, 0.25) is 5.02 Å². The molecule has 0 saturated carbocycles. The Morgan fingerprint density at radius 3 is 2.72 bits per heavy atom. The van der Waals surface area contributed by atoms with E-state index in [-0.39, 0.29) is 0 Å². The fourth-order valence-corrected chi connectivity index (χ4v) is 1.70. The summed E-state index contributed by atoms with van der Waals surface area (Å²) in [5.41, 5.74) is 2.06. The molecule has 0 unspecified atom stereocenters. The van der Waals surface area contributed by atoms with E-state index in [2.05, 4.69) is 10.3 Å². The van der Waals surface area contributed by atoms with E-state index < -0.39 is 0 Å². The van der Waals surface area contributed by atoms with Gasteiger partial charge < -0.3 is 10.1 Å². The molecule has 4 heteroatoms. The summed E-state index contributed by atoms with van der Waals surface area (Å²) in [5.74, 6) is 0.633. The first-order valence-electron chi connectivity index (χ1n) is 5.85. The maximum absolute atomic E-state index is 5.84. The van der Waals surface area contributed by atoms with E-state index in [4.69, 9.17) is 16.3 Å². The van der Waals surface area contributed by atoms with E-state index in [1.54, 1.807) is 6.20 Å². The van der Waals surface area contributed by atoms with Gasteiger partial charge in [0.2, 0.25) is 5.88 Å². The van der Waals surface area contributed by atoms with Gasteiger partial charge in [0.15, 0.2) is 0 Å². The number of ether oxygens (including phenoxy) is 1. The molecule has 0 bridgehead atoms. The maximum Gasteiger partial charge on any atom is 0.237 e. The highest BCUT2D eigenvalue weighted by molar-refractivity contribution is 6.30. The van der Waals surface area contributed by atoms with E-state index in [0.717, 1.165) is 16.3 Å². The van der Waals surface area contributed by atoms with Crippen LogP contribution in [-0.2, 0) is 6.54 Å². The van der Waals surface area contributed by atoms with Crippen molar-refractivity contribution in [3.8, 4) is 5.88 Å². The third kappa shape index (κ3) is 3.37. The van der Waals surface area contributed by atoms with Gasteiger partial charge in [-0.05, 0) is 36.8 Å². The van der Waals surface area contributed by atoms with Crippen LogP contribution >= 0.6 is 11.6 Å². The van der Waals surface area contributed by atoms with Gasteiger partial charge in [0.05, 0.1) is 12.3 Å². The third-order valence-electron chi connectivity index (χ3n) is 2.45. The molecule has 0 spiro atoms. The summed E-state index contributed by atoms with van der Waals surface area (Å²) in [5, 5.41) is 4.05. The van der Waals surface area contributed by atoms with Crippen LogP contribution in [0.15, 0.2) is 42.6 Å². The summed E-state index contributed by atoms with van der Waals surface area (Å²) in [6, 6.07) is 11.6. The van der Waals surface area contributed by atoms with E-state index in [1.165, 1.54) is 0 Å². The van der Waals surface area contributed by atoms with Crippen molar-refractivity contribution in [1.82, 2.24) is 4.98 Å². The zero-order valence-corrected chi connectivity index (χ0v) is 10.9. The zero-order chi connectivity index (χ0) is 12.8. The van der Waals surface area contributed by atoms with E-state index in [9.17, 15) is 0 Å². The Hall–Kier alpha value is -1.74. The lowest BCUT2D eigenvalue weighted by atomic mass is 10.2. The minimum atomic E-state index is 0.604. The van der Waals surface area contributed by atoms with Gasteiger partial charge in [-0.1, -0.05) is 23.7 Å². The topological polar surface area (TPSA) is 34.1 Å². The minimum Gasteiger partial charge on any atom is -0.476 e. The molecule has 3 nitrogen and oxygen atoms in total. The molecule has 0 atom stereocenters. The monoisotopic (exact) mass is 262 g/mol. The van der Waals surface area contributed by atoms with Crippen molar-refractivity contribution in [3.05, 3.63) is 53.2 Å². The van der Waals surface area contributed by atoms with Crippen LogP contribution in [0.1, 0.15) is 12.5 Å². The Morgan fingerprint density at radius 1 is 1.22 bits per heavy atom. The first kappa shape index (κ1) is 12.7. The van der Waals surface area contributed by atoms with E-state index >= 15 is 0 Å².